The Kier molecular flexibility index (Phi) is 7.62. The molecule has 0 aliphatic rings. The number of carbonyl (C=O) groups excluding carboxylic acids is 1. The van der Waals surface area contributed by atoms with Gasteiger partial charge in [-0.05, 0) is 12.8 Å². The highest BCUT2D eigenvalue weighted by Gasteiger charge is 1.95. The molecule has 0 aromatic carbocycles. The van der Waals surface area contributed by atoms with Gasteiger partial charge in [-0.2, -0.15) is 0 Å². The number of amides is 1. The molecule has 1 N–H and O–H groups in total. The van der Waals surface area contributed by atoms with Gasteiger partial charge in [0.25, 0.3) is 0 Å². The van der Waals surface area contributed by atoms with E-state index in [2.05, 4.69) is 5.32 Å². The smallest absolute Gasteiger partial charge is 0.234 e. The molecule has 0 saturated heterocycles. The minimum absolute atomic E-state index is 0.0459. The predicted molar refractivity (Wildman–Crippen MR) is 44.8 cm³/mol. The van der Waals surface area contributed by atoms with Gasteiger partial charge in [-0.1, -0.05) is 0 Å². The van der Waals surface area contributed by atoms with Gasteiger partial charge in [0.15, 0.2) is 0 Å². The molecule has 0 spiro atoms. The van der Waals surface area contributed by atoms with Gasteiger partial charge in [-0.15, -0.1) is 11.6 Å². The summed E-state index contributed by atoms with van der Waals surface area (Å²) in [6.45, 7) is 1.44. The van der Waals surface area contributed by atoms with Crippen molar-refractivity contribution in [1.29, 1.82) is 0 Å². The molecular weight excluding hydrogens is 166 g/mol. The highest BCUT2D eigenvalue weighted by molar-refractivity contribution is 6.27. The van der Waals surface area contributed by atoms with Crippen molar-refractivity contribution in [1.82, 2.24) is 5.32 Å². The first-order chi connectivity index (χ1) is 5.31. The summed E-state index contributed by atoms with van der Waals surface area (Å²) in [5.74, 6) is -0.0614. The Bertz CT molecular complexity index is 109. The molecule has 0 atom stereocenters. The topological polar surface area (TPSA) is 38.3 Å². The van der Waals surface area contributed by atoms with E-state index in [4.69, 9.17) is 16.3 Å². The summed E-state index contributed by atoms with van der Waals surface area (Å²) in [6.07, 6.45) is 1.91. The molecule has 0 bridgehead atoms. The molecule has 3 nitrogen and oxygen atoms in total. The largest absolute Gasteiger partial charge is 0.385 e. The van der Waals surface area contributed by atoms with Crippen LogP contribution in [0.4, 0.5) is 0 Å². The number of methoxy groups -OCH3 is 1. The van der Waals surface area contributed by atoms with Crippen molar-refractivity contribution in [3.05, 3.63) is 0 Å². The Morgan fingerprint density at radius 3 is 2.82 bits per heavy atom. The van der Waals surface area contributed by atoms with Crippen molar-refractivity contribution < 1.29 is 9.53 Å². The van der Waals surface area contributed by atoms with Gasteiger partial charge >= 0.3 is 0 Å². The Morgan fingerprint density at radius 1 is 1.55 bits per heavy atom. The van der Waals surface area contributed by atoms with Crippen molar-refractivity contribution in [2.24, 2.45) is 0 Å². The number of alkyl halides is 1. The van der Waals surface area contributed by atoms with E-state index in [0.717, 1.165) is 19.4 Å². The van der Waals surface area contributed by atoms with Crippen LogP contribution in [0.5, 0.6) is 0 Å². The average molecular weight is 180 g/mol. The number of halogens is 1. The number of nitrogens with one attached hydrogen (secondary N) is 1. The third-order valence-electron chi connectivity index (χ3n) is 1.22. The molecule has 0 rings (SSSR count). The second-order valence-electron chi connectivity index (χ2n) is 2.18. The van der Waals surface area contributed by atoms with Crippen LogP contribution < -0.4 is 5.32 Å². The fraction of sp³-hybridized carbons (Fsp3) is 0.857. The Hall–Kier alpha value is -0.280. The molecule has 0 unspecified atom stereocenters. The zero-order chi connectivity index (χ0) is 8.53. The Labute approximate surface area is 72.1 Å². The van der Waals surface area contributed by atoms with E-state index in [1.165, 1.54) is 0 Å². The molecule has 0 saturated carbocycles. The lowest BCUT2D eigenvalue weighted by atomic mass is 10.3. The highest BCUT2D eigenvalue weighted by atomic mass is 35.5. The zero-order valence-corrected chi connectivity index (χ0v) is 7.49. The minimum atomic E-state index is -0.107. The van der Waals surface area contributed by atoms with Crippen molar-refractivity contribution in [2.75, 3.05) is 26.1 Å². The molecule has 0 radical (unpaired) electrons. The van der Waals surface area contributed by atoms with Crippen molar-refractivity contribution in [3.63, 3.8) is 0 Å². The molecule has 0 heterocycles. The molecule has 1 amide bonds. The average Bonchev–Trinajstić information content (AvgIpc) is 2.04. The van der Waals surface area contributed by atoms with Crippen LogP contribution in [-0.4, -0.2) is 32.0 Å². The first-order valence-electron chi connectivity index (χ1n) is 3.63. The standard InChI is InChI=1S/C7H14ClNO2/c1-11-5-3-2-4-9-7(10)6-8/h2-6H2,1H3,(H,9,10). The van der Waals surface area contributed by atoms with Crippen molar-refractivity contribution in [2.45, 2.75) is 12.8 Å². The van der Waals surface area contributed by atoms with E-state index in [-0.39, 0.29) is 11.8 Å². The summed E-state index contributed by atoms with van der Waals surface area (Å²) >= 11 is 5.26. The number of unbranched alkanes of at least 4 members (excludes halogenated alkanes) is 1. The SMILES string of the molecule is COCCCCNC(=O)CCl. The van der Waals surface area contributed by atoms with E-state index in [0.29, 0.717) is 6.54 Å². The molecule has 0 aliphatic heterocycles. The zero-order valence-electron chi connectivity index (χ0n) is 6.73. The fourth-order valence-corrected chi connectivity index (χ4v) is 0.741. The maximum atomic E-state index is 10.6. The van der Waals surface area contributed by atoms with Gasteiger partial charge in [0.05, 0.1) is 0 Å². The third kappa shape index (κ3) is 7.62. The van der Waals surface area contributed by atoms with Crippen LogP contribution in [0.3, 0.4) is 0 Å². The maximum Gasteiger partial charge on any atom is 0.234 e. The number of rotatable bonds is 6. The number of ether oxygens (including phenoxy) is 1. The maximum absolute atomic E-state index is 10.6. The van der Waals surface area contributed by atoms with E-state index in [1.807, 2.05) is 0 Å². The molecular formula is C7H14ClNO2. The van der Waals surface area contributed by atoms with Gasteiger partial charge in [0.2, 0.25) is 5.91 Å². The minimum Gasteiger partial charge on any atom is -0.385 e. The molecule has 0 aromatic rings. The lowest BCUT2D eigenvalue weighted by molar-refractivity contribution is -0.118. The number of hydrogen-bond donors (Lipinski definition) is 1. The lowest BCUT2D eigenvalue weighted by Crippen LogP contribution is -2.25. The summed E-state index contributed by atoms with van der Waals surface area (Å²) in [7, 11) is 1.66. The van der Waals surface area contributed by atoms with Crippen LogP contribution in [0.2, 0.25) is 0 Å². The first kappa shape index (κ1) is 10.7. The molecule has 0 fully saturated rings. The predicted octanol–water partition coefficient (Wildman–Crippen LogP) is 0.768. The first-order valence-corrected chi connectivity index (χ1v) is 4.16. The summed E-state index contributed by atoms with van der Waals surface area (Å²) in [5.41, 5.74) is 0. The summed E-state index contributed by atoms with van der Waals surface area (Å²) in [4.78, 5) is 10.6. The van der Waals surface area contributed by atoms with E-state index < -0.39 is 0 Å². The van der Waals surface area contributed by atoms with Crippen LogP contribution >= 0.6 is 11.6 Å². The van der Waals surface area contributed by atoms with Crippen molar-refractivity contribution >= 4 is 17.5 Å². The number of carbonyl (C=O) groups is 1. The van der Waals surface area contributed by atoms with Gasteiger partial charge in [-0.3, -0.25) is 4.79 Å². The monoisotopic (exact) mass is 179 g/mol. The molecule has 4 heteroatoms. The van der Waals surface area contributed by atoms with E-state index in [1.54, 1.807) is 7.11 Å². The van der Waals surface area contributed by atoms with Gasteiger partial charge in [0, 0.05) is 20.3 Å². The molecule has 0 aliphatic carbocycles. The fourth-order valence-electron chi connectivity index (χ4n) is 0.646. The van der Waals surface area contributed by atoms with Crippen LogP contribution in [0.1, 0.15) is 12.8 Å². The number of hydrogen-bond acceptors (Lipinski definition) is 2. The third-order valence-corrected chi connectivity index (χ3v) is 1.46. The van der Waals surface area contributed by atoms with Crippen LogP contribution in [0, 0.1) is 0 Å². The van der Waals surface area contributed by atoms with Gasteiger partial charge in [0.1, 0.15) is 5.88 Å². The van der Waals surface area contributed by atoms with Crippen LogP contribution in [0.25, 0.3) is 0 Å². The molecule has 66 valence electrons. The van der Waals surface area contributed by atoms with E-state index in [9.17, 15) is 4.79 Å². The summed E-state index contributed by atoms with van der Waals surface area (Å²) in [6, 6.07) is 0. The van der Waals surface area contributed by atoms with E-state index >= 15 is 0 Å². The summed E-state index contributed by atoms with van der Waals surface area (Å²) < 4.78 is 4.84. The molecule has 11 heavy (non-hydrogen) atoms. The second kappa shape index (κ2) is 7.82. The van der Waals surface area contributed by atoms with Crippen molar-refractivity contribution in [3.8, 4) is 0 Å². The Morgan fingerprint density at radius 2 is 2.27 bits per heavy atom. The lowest BCUT2D eigenvalue weighted by Gasteiger charge is -2.01. The van der Waals surface area contributed by atoms with Crippen LogP contribution in [-0.2, 0) is 9.53 Å². The highest BCUT2D eigenvalue weighted by Crippen LogP contribution is 1.86. The normalized spacial score (nSPS) is 9.64. The quantitative estimate of drug-likeness (QED) is 0.483. The molecule has 0 aromatic heterocycles. The second-order valence-corrected chi connectivity index (χ2v) is 2.45. The van der Waals surface area contributed by atoms with Gasteiger partial charge < -0.3 is 10.1 Å². The Balaban J connectivity index is 2.95. The summed E-state index contributed by atoms with van der Waals surface area (Å²) in [5, 5.41) is 2.66. The van der Waals surface area contributed by atoms with Crippen LogP contribution in [0.15, 0.2) is 0 Å². The van der Waals surface area contributed by atoms with Gasteiger partial charge in [-0.25, -0.2) is 0 Å².